The normalized spacial score (nSPS) is 18.1. The Morgan fingerprint density at radius 2 is 1.55 bits per heavy atom. The standard InChI is InChI=1S/C36H43BCl2N4O6SSi/c1-35(2)36(3,4)49-37(48-35)26-10-8-25(9-11-26)20-33-40-32(30-17-12-27(38)21-31(30)39)22-41(33)28-13-15-29(16-14-28)42-23-34(44)43(50(42,45)46)24-47-18-19-51(5,6)7/h8-17,21-23,44H,18-20,24H2,1-7H3. The maximum absolute atomic E-state index is 13.4. The molecule has 51 heavy (non-hydrogen) atoms. The fraction of sp³-hybridized carbons (Fsp3) is 0.361. The number of aliphatic hydroxyl groups excluding tert-OH is 1. The van der Waals surface area contributed by atoms with E-state index >= 15 is 0 Å². The number of aliphatic hydroxyl groups is 1. The highest BCUT2D eigenvalue weighted by Gasteiger charge is 2.51. The van der Waals surface area contributed by atoms with Crippen molar-refractivity contribution in [1.29, 1.82) is 0 Å². The summed E-state index contributed by atoms with van der Waals surface area (Å²) in [4.78, 5) is 4.99. The first kappa shape index (κ1) is 37.5. The van der Waals surface area contributed by atoms with E-state index in [0.29, 0.717) is 34.5 Å². The van der Waals surface area contributed by atoms with E-state index in [1.165, 1.54) is 6.20 Å². The molecule has 3 aromatic carbocycles. The molecular formula is C36H43BCl2N4O6SSi. The molecule has 2 aliphatic heterocycles. The van der Waals surface area contributed by atoms with Crippen LogP contribution in [-0.4, -0.2) is 67.1 Å². The van der Waals surface area contributed by atoms with Crippen LogP contribution in [0.4, 0.5) is 5.69 Å². The van der Waals surface area contributed by atoms with E-state index in [2.05, 4.69) is 19.6 Å². The molecule has 0 bridgehead atoms. The number of anilines is 1. The largest absolute Gasteiger partial charge is 0.494 e. The minimum Gasteiger partial charge on any atom is -0.493 e. The Kier molecular flexibility index (Phi) is 10.2. The van der Waals surface area contributed by atoms with E-state index < -0.39 is 42.5 Å². The molecule has 4 aromatic rings. The molecule has 0 radical (unpaired) electrons. The van der Waals surface area contributed by atoms with Crippen molar-refractivity contribution in [3.63, 3.8) is 0 Å². The van der Waals surface area contributed by atoms with Crippen LogP contribution in [-0.2, 0) is 30.7 Å². The summed E-state index contributed by atoms with van der Waals surface area (Å²) in [5.41, 5.74) is 3.56. The topological polar surface area (TPSA) is 106 Å². The highest BCUT2D eigenvalue weighted by atomic mass is 35.5. The van der Waals surface area contributed by atoms with Gasteiger partial charge in [-0.25, -0.2) is 9.29 Å². The maximum Gasteiger partial charge on any atom is 0.494 e. The van der Waals surface area contributed by atoms with Crippen molar-refractivity contribution in [2.75, 3.05) is 17.6 Å². The molecule has 1 saturated heterocycles. The van der Waals surface area contributed by atoms with Gasteiger partial charge in [0.2, 0.25) is 5.88 Å². The lowest BCUT2D eigenvalue weighted by atomic mass is 9.79. The average Bonchev–Trinajstić information content (AvgIpc) is 3.62. The van der Waals surface area contributed by atoms with Gasteiger partial charge in [-0.2, -0.15) is 12.7 Å². The third kappa shape index (κ3) is 7.90. The van der Waals surface area contributed by atoms with Gasteiger partial charge >= 0.3 is 17.3 Å². The summed E-state index contributed by atoms with van der Waals surface area (Å²) in [6.07, 6.45) is 3.57. The highest BCUT2D eigenvalue weighted by molar-refractivity contribution is 7.91. The van der Waals surface area contributed by atoms with Crippen LogP contribution in [0.1, 0.15) is 39.1 Å². The lowest BCUT2D eigenvalue weighted by molar-refractivity contribution is 0.00578. The van der Waals surface area contributed by atoms with Crippen LogP contribution < -0.4 is 9.77 Å². The molecule has 0 spiro atoms. The van der Waals surface area contributed by atoms with Crippen LogP contribution in [0.2, 0.25) is 35.7 Å². The Labute approximate surface area is 311 Å². The second-order valence-electron chi connectivity index (χ2n) is 15.0. The van der Waals surface area contributed by atoms with Crippen LogP contribution in [0, 0.1) is 0 Å². The zero-order valence-corrected chi connectivity index (χ0v) is 33.2. The molecule has 1 fully saturated rings. The number of rotatable bonds is 11. The molecule has 3 heterocycles. The van der Waals surface area contributed by atoms with Crippen LogP contribution in [0.3, 0.4) is 0 Å². The number of halogens is 2. The predicted octanol–water partition coefficient (Wildman–Crippen LogP) is 7.77. The van der Waals surface area contributed by atoms with Crippen molar-refractivity contribution in [2.45, 2.75) is 71.0 Å². The molecule has 0 aliphatic carbocycles. The maximum atomic E-state index is 13.4. The predicted molar refractivity (Wildman–Crippen MR) is 207 cm³/mol. The second kappa shape index (κ2) is 13.9. The first-order valence-corrected chi connectivity index (χ1v) is 22.6. The SMILES string of the molecule is CC1(C)OB(c2ccc(Cc3nc(-c4ccc(Cl)cc4Cl)cn3-c3ccc(N4C=C(O)N(COCC[Si](C)(C)C)S4(=O)=O)cc3)cc2)OC1(C)C. The molecule has 0 amide bonds. The number of hydrogen-bond donors (Lipinski definition) is 1. The summed E-state index contributed by atoms with van der Waals surface area (Å²) in [5.74, 6) is 0.332. The van der Waals surface area contributed by atoms with Gasteiger partial charge in [0.05, 0.1) is 33.8 Å². The van der Waals surface area contributed by atoms with Gasteiger partial charge in [-0.3, -0.25) is 0 Å². The molecule has 6 rings (SSSR count). The van der Waals surface area contributed by atoms with Gasteiger partial charge in [-0.15, -0.1) is 0 Å². The minimum absolute atomic E-state index is 0.268. The minimum atomic E-state index is -4.09. The Bertz CT molecular complexity index is 2030. The van der Waals surface area contributed by atoms with Crippen molar-refractivity contribution in [1.82, 2.24) is 13.9 Å². The third-order valence-corrected chi connectivity index (χ3v) is 13.4. The first-order valence-electron chi connectivity index (χ1n) is 16.7. The lowest BCUT2D eigenvalue weighted by Gasteiger charge is -2.32. The van der Waals surface area contributed by atoms with Gasteiger partial charge in [0.1, 0.15) is 12.6 Å². The number of hydrogen-bond acceptors (Lipinski definition) is 7. The van der Waals surface area contributed by atoms with E-state index in [4.69, 9.17) is 42.2 Å². The summed E-state index contributed by atoms with van der Waals surface area (Å²) in [6, 6.07) is 21.2. The summed E-state index contributed by atoms with van der Waals surface area (Å²) in [7, 11) is -5.91. The first-order chi connectivity index (χ1) is 23.8. The monoisotopic (exact) mass is 768 g/mol. The number of ether oxygens (including phenoxy) is 1. The van der Waals surface area contributed by atoms with Gasteiger partial charge in [0.25, 0.3) is 0 Å². The van der Waals surface area contributed by atoms with Crippen LogP contribution >= 0.6 is 23.2 Å². The summed E-state index contributed by atoms with van der Waals surface area (Å²) in [5, 5.41) is 11.5. The van der Waals surface area contributed by atoms with Crippen molar-refractivity contribution in [2.24, 2.45) is 0 Å². The van der Waals surface area contributed by atoms with Gasteiger partial charge in [-0.05, 0) is 87.2 Å². The summed E-state index contributed by atoms with van der Waals surface area (Å²) in [6.45, 7) is 14.9. The van der Waals surface area contributed by atoms with Crippen molar-refractivity contribution in [3.05, 3.63) is 106 Å². The van der Waals surface area contributed by atoms with Crippen LogP contribution in [0.25, 0.3) is 16.9 Å². The number of imidazole rings is 1. The van der Waals surface area contributed by atoms with E-state index in [-0.39, 0.29) is 6.73 Å². The Balaban J connectivity index is 1.26. The number of benzene rings is 3. The lowest BCUT2D eigenvalue weighted by Crippen LogP contribution is -2.41. The molecule has 0 unspecified atom stereocenters. The number of aromatic nitrogens is 2. The third-order valence-electron chi connectivity index (χ3n) is 9.46. The van der Waals surface area contributed by atoms with Crippen molar-refractivity contribution >= 4 is 59.8 Å². The zero-order valence-electron chi connectivity index (χ0n) is 29.9. The molecule has 1 N–H and O–H groups in total. The van der Waals surface area contributed by atoms with Crippen molar-refractivity contribution < 1.29 is 27.6 Å². The van der Waals surface area contributed by atoms with Crippen LogP contribution in [0.15, 0.2) is 85.0 Å². The quantitative estimate of drug-likeness (QED) is 0.123. The summed E-state index contributed by atoms with van der Waals surface area (Å²) < 4.78 is 48.8. The number of nitrogens with zero attached hydrogens (tertiary/aromatic N) is 4. The molecule has 2 aliphatic rings. The van der Waals surface area contributed by atoms with Gasteiger partial charge in [0, 0.05) is 43.6 Å². The smallest absolute Gasteiger partial charge is 0.493 e. The molecule has 0 atom stereocenters. The molecular weight excluding hydrogens is 726 g/mol. The Morgan fingerprint density at radius 1 is 0.922 bits per heavy atom. The van der Waals surface area contributed by atoms with Crippen molar-refractivity contribution in [3.8, 4) is 16.9 Å². The zero-order chi connectivity index (χ0) is 36.9. The molecule has 0 saturated carbocycles. The van der Waals surface area contributed by atoms with E-state index in [0.717, 1.165) is 42.8 Å². The average molecular weight is 770 g/mol. The van der Waals surface area contributed by atoms with Crippen LogP contribution in [0.5, 0.6) is 0 Å². The fourth-order valence-electron chi connectivity index (χ4n) is 5.63. The summed E-state index contributed by atoms with van der Waals surface area (Å²) >= 11 is 12.8. The van der Waals surface area contributed by atoms with E-state index in [1.807, 2.05) is 80.9 Å². The highest BCUT2D eigenvalue weighted by Crippen LogP contribution is 2.37. The van der Waals surface area contributed by atoms with E-state index in [9.17, 15) is 13.5 Å². The molecule has 1 aromatic heterocycles. The van der Waals surface area contributed by atoms with E-state index in [1.54, 1.807) is 24.3 Å². The molecule has 10 nitrogen and oxygen atoms in total. The Morgan fingerprint density at radius 3 is 2.16 bits per heavy atom. The Hall–Kier alpha value is -3.30. The van der Waals surface area contributed by atoms with Gasteiger partial charge < -0.3 is 23.7 Å². The van der Waals surface area contributed by atoms with Gasteiger partial charge in [-0.1, -0.05) is 67.1 Å². The van der Waals surface area contributed by atoms with Gasteiger partial charge in [0.15, 0.2) is 0 Å². The molecule has 270 valence electrons. The fourth-order valence-corrected chi connectivity index (χ4v) is 8.22. The second-order valence-corrected chi connectivity index (χ2v) is 23.2. The molecule has 15 heteroatoms.